The van der Waals surface area contributed by atoms with Gasteiger partial charge in [-0.3, -0.25) is 4.79 Å². The summed E-state index contributed by atoms with van der Waals surface area (Å²) >= 11 is 0. The number of hydrogen-bond acceptors (Lipinski definition) is 2. The maximum Gasteiger partial charge on any atom is 0.251 e. The van der Waals surface area contributed by atoms with E-state index in [1.54, 1.807) is 0 Å². The Labute approximate surface area is 166 Å². The van der Waals surface area contributed by atoms with E-state index in [9.17, 15) is 4.79 Å². The molecule has 0 saturated carbocycles. The van der Waals surface area contributed by atoms with Crippen molar-refractivity contribution in [2.45, 2.75) is 40.7 Å². The van der Waals surface area contributed by atoms with Crippen LogP contribution in [0.15, 0.2) is 54.6 Å². The summed E-state index contributed by atoms with van der Waals surface area (Å²) in [4.78, 5) is 12.3. The molecule has 3 aromatic rings. The lowest BCUT2D eigenvalue weighted by Gasteiger charge is -2.12. The van der Waals surface area contributed by atoms with Gasteiger partial charge in [-0.1, -0.05) is 44.2 Å². The minimum absolute atomic E-state index is 0.395. The van der Waals surface area contributed by atoms with Crippen LogP contribution in [0, 0.1) is 19.8 Å². The van der Waals surface area contributed by atoms with E-state index in [1.165, 1.54) is 0 Å². The second-order valence-corrected chi connectivity index (χ2v) is 7.56. The maximum atomic E-state index is 12.3. The van der Waals surface area contributed by atoms with Gasteiger partial charge in [-0.2, -0.15) is 0 Å². The van der Waals surface area contributed by atoms with Crippen LogP contribution in [0.25, 0.3) is 11.1 Å². The highest BCUT2D eigenvalue weighted by molar-refractivity contribution is 6.02. The lowest BCUT2D eigenvalue weighted by atomic mass is 10.00. The quantitative estimate of drug-likeness (QED) is 0.574. The molecule has 2 N–H and O–H groups in total. The molecule has 0 bridgehead atoms. The van der Waals surface area contributed by atoms with E-state index in [0.29, 0.717) is 11.5 Å². The highest BCUT2D eigenvalue weighted by Crippen LogP contribution is 2.35. The molecule has 146 valence electrons. The van der Waals surface area contributed by atoms with Crippen molar-refractivity contribution in [2.24, 2.45) is 11.7 Å². The standard InChI is InChI=1S/C24H28N2O2/c1-16(2)13-14-26-17(3)22(23(18(26)4)24(25)27)19-9-8-12-21(15-19)28-20-10-6-5-7-11-20/h5-12,15-16H,13-14H2,1-4H3,(H2,25,27). The number of carbonyl (C=O) groups is 1. The molecule has 1 aromatic heterocycles. The largest absolute Gasteiger partial charge is 0.457 e. The molecule has 0 saturated heterocycles. The predicted octanol–water partition coefficient (Wildman–Crippen LogP) is 5.71. The Morgan fingerprint density at radius 2 is 1.68 bits per heavy atom. The number of nitrogens with zero attached hydrogens (tertiary/aromatic N) is 1. The number of carbonyl (C=O) groups excluding carboxylic acids is 1. The second kappa shape index (κ2) is 8.34. The molecule has 1 amide bonds. The lowest BCUT2D eigenvalue weighted by molar-refractivity contribution is 0.1000. The highest BCUT2D eigenvalue weighted by Gasteiger charge is 2.22. The molecular weight excluding hydrogens is 348 g/mol. The van der Waals surface area contributed by atoms with Gasteiger partial charge in [0.15, 0.2) is 0 Å². The third kappa shape index (κ3) is 4.11. The Balaban J connectivity index is 2.04. The minimum Gasteiger partial charge on any atom is -0.457 e. The van der Waals surface area contributed by atoms with E-state index in [0.717, 1.165) is 47.0 Å². The SMILES string of the molecule is Cc1c(C(N)=O)c(-c2cccc(Oc3ccccc3)c2)c(C)n1CCC(C)C. The Kier molecular flexibility index (Phi) is 5.88. The van der Waals surface area contributed by atoms with Crippen LogP contribution in [0.1, 0.15) is 42.0 Å². The minimum atomic E-state index is -0.395. The number of ether oxygens (including phenoxy) is 1. The van der Waals surface area contributed by atoms with E-state index in [2.05, 4.69) is 25.3 Å². The van der Waals surface area contributed by atoms with E-state index < -0.39 is 5.91 Å². The molecule has 0 aliphatic carbocycles. The molecule has 0 atom stereocenters. The molecule has 4 nitrogen and oxygen atoms in total. The Bertz CT molecular complexity index is 972. The smallest absolute Gasteiger partial charge is 0.251 e. The van der Waals surface area contributed by atoms with Crippen LogP contribution in [0.5, 0.6) is 11.5 Å². The van der Waals surface area contributed by atoms with Crippen molar-refractivity contribution in [1.82, 2.24) is 4.57 Å². The number of primary amides is 1. The maximum absolute atomic E-state index is 12.3. The molecule has 0 radical (unpaired) electrons. The van der Waals surface area contributed by atoms with Crippen LogP contribution < -0.4 is 10.5 Å². The summed E-state index contributed by atoms with van der Waals surface area (Å²) in [6, 6.07) is 17.5. The van der Waals surface area contributed by atoms with Crippen molar-refractivity contribution in [2.75, 3.05) is 0 Å². The molecular formula is C24H28N2O2. The Morgan fingerprint density at radius 3 is 2.32 bits per heavy atom. The van der Waals surface area contributed by atoms with Gasteiger partial charge in [-0.05, 0) is 56.0 Å². The normalized spacial score (nSPS) is 11.0. The Hall–Kier alpha value is -3.01. The van der Waals surface area contributed by atoms with Crippen molar-refractivity contribution in [3.05, 3.63) is 71.5 Å². The molecule has 0 unspecified atom stereocenters. The fourth-order valence-electron chi connectivity index (χ4n) is 3.60. The topological polar surface area (TPSA) is 57.3 Å². The summed E-state index contributed by atoms with van der Waals surface area (Å²) in [7, 11) is 0. The molecule has 28 heavy (non-hydrogen) atoms. The number of amides is 1. The molecule has 0 fully saturated rings. The van der Waals surface area contributed by atoms with Gasteiger partial charge in [0.2, 0.25) is 0 Å². The van der Waals surface area contributed by atoms with Gasteiger partial charge in [0.1, 0.15) is 11.5 Å². The number of aromatic nitrogens is 1. The van der Waals surface area contributed by atoms with Crippen molar-refractivity contribution >= 4 is 5.91 Å². The molecule has 4 heteroatoms. The lowest BCUT2D eigenvalue weighted by Crippen LogP contribution is -2.13. The number of benzene rings is 2. The summed E-state index contributed by atoms with van der Waals surface area (Å²) in [5, 5.41) is 0. The third-order valence-electron chi connectivity index (χ3n) is 5.06. The summed E-state index contributed by atoms with van der Waals surface area (Å²) in [5.41, 5.74) is 10.2. The monoisotopic (exact) mass is 376 g/mol. The zero-order chi connectivity index (χ0) is 20.3. The van der Waals surface area contributed by atoms with Gasteiger partial charge in [0.05, 0.1) is 5.56 Å². The second-order valence-electron chi connectivity index (χ2n) is 7.56. The summed E-state index contributed by atoms with van der Waals surface area (Å²) in [6.45, 7) is 9.31. The van der Waals surface area contributed by atoms with Crippen LogP contribution in [0.2, 0.25) is 0 Å². The first-order valence-corrected chi connectivity index (χ1v) is 9.71. The highest BCUT2D eigenvalue weighted by atomic mass is 16.5. The van der Waals surface area contributed by atoms with E-state index in [4.69, 9.17) is 10.5 Å². The molecule has 1 heterocycles. The molecule has 3 rings (SSSR count). The number of rotatable bonds is 7. The first kappa shape index (κ1) is 19.7. The predicted molar refractivity (Wildman–Crippen MR) is 114 cm³/mol. The van der Waals surface area contributed by atoms with E-state index in [1.807, 2.05) is 61.5 Å². The van der Waals surface area contributed by atoms with Gasteiger partial charge in [-0.25, -0.2) is 0 Å². The summed E-state index contributed by atoms with van der Waals surface area (Å²) < 4.78 is 8.18. The molecule has 0 aliphatic rings. The van der Waals surface area contributed by atoms with Gasteiger partial charge in [0.25, 0.3) is 5.91 Å². The van der Waals surface area contributed by atoms with E-state index >= 15 is 0 Å². The van der Waals surface area contributed by atoms with Gasteiger partial charge in [-0.15, -0.1) is 0 Å². The fourth-order valence-corrected chi connectivity index (χ4v) is 3.60. The summed E-state index contributed by atoms with van der Waals surface area (Å²) in [5.74, 6) is 1.70. The van der Waals surface area contributed by atoms with E-state index in [-0.39, 0.29) is 0 Å². The van der Waals surface area contributed by atoms with Crippen molar-refractivity contribution < 1.29 is 9.53 Å². The van der Waals surface area contributed by atoms with Crippen LogP contribution in [-0.2, 0) is 6.54 Å². The van der Waals surface area contributed by atoms with Crippen LogP contribution in [0.3, 0.4) is 0 Å². The average molecular weight is 377 g/mol. The molecule has 0 aliphatic heterocycles. The number of nitrogens with two attached hydrogens (primary N) is 1. The van der Waals surface area contributed by atoms with Crippen molar-refractivity contribution in [3.63, 3.8) is 0 Å². The van der Waals surface area contributed by atoms with Crippen LogP contribution in [-0.4, -0.2) is 10.5 Å². The van der Waals surface area contributed by atoms with Gasteiger partial charge in [0, 0.05) is 23.5 Å². The average Bonchev–Trinajstić information content (AvgIpc) is 2.91. The fraction of sp³-hybridized carbons (Fsp3) is 0.292. The number of hydrogen-bond donors (Lipinski definition) is 1. The van der Waals surface area contributed by atoms with Crippen molar-refractivity contribution in [1.29, 1.82) is 0 Å². The van der Waals surface area contributed by atoms with Gasteiger partial charge >= 0.3 is 0 Å². The van der Waals surface area contributed by atoms with Crippen molar-refractivity contribution in [3.8, 4) is 22.6 Å². The third-order valence-corrected chi connectivity index (χ3v) is 5.06. The van der Waals surface area contributed by atoms with Gasteiger partial charge < -0.3 is 15.0 Å². The molecule has 2 aromatic carbocycles. The first-order chi connectivity index (χ1) is 13.4. The molecule has 0 spiro atoms. The van der Waals surface area contributed by atoms with Crippen LogP contribution >= 0.6 is 0 Å². The zero-order valence-electron chi connectivity index (χ0n) is 17.0. The summed E-state index contributed by atoms with van der Waals surface area (Å²) in [6.07, 6.45) is 1.05. The zero-order valence-corrected chi connectivity index (χ0v) is 17.0. The Morgan fingerprint density at radius 1 is 1.00 bits per heavy atom. The first-order valence-electron chi connectivity index (χ1n) is 9.71. The van der Waals surface area contributed by atoms with Crippen LogP contribution in [0.4, 0.5) is 0 Å². The number of para-hydroxylation sites is 1.